The van der Waals surface area contributed by atoms with E-state index in [4.69, 9.17) is 4.74 Å². The number of nitrogens with one attached hydrogen (secondary N) is 2. The second-order valence-corrected chi connectivity index (χ2v) is 4.69. The molecule has 1 heterocycles. The number of ether oxygens (including phenoxy) is 1. The Balaban J connectivity index is 1.97. The zero-order valence-electron chi connectivity index (χ0n) is 11.7. The summed E-state index contributed by atoms with van der Waals surface area (Å²) in [5.74, 6) is 0.901. The molecule has 0 radical (unpaired) electrons. The van der Waals surface area contributed by atoms with Crippen LogP contribution in [0.3, 0.4) is 0 Å². The third-order valence-electron chi connectivity index (χ3n) is 3.14. The van der Waals surface area contributed by atoms with E-state index in [0.717, 1.165) is 29.2 Å². The van der Waals surface area contributed by atoms with Crippen molar-refractivity contribution < 1.29 is 4.74 Å². The van der Waals surface area contributed by atoms with E-state index in [1.807, 2.05) is 31.2 Å². The Morgan fingerprint density at radius 3 is 2.95 bits per heavy atom. The van der Waals surface area contributed by atoms with Gasteiger partial charge in [-0.15, -0.1) is 0 Å². The van der Waals surface area contributed by atoms with Crippen LogP contribution in [0.4, 0.5) is 5.69 Å². The molecule has 102 valence electrons. The number of hydrogen-bond donors (Lipinski definition) is 2. The number of benzene rings is 1. The highest BCUT2D eigenvalue weighted by atomic mass is 16.5. The lowest BCUT2D eigenvalue weighted by Crippen LogP contribution is -2.10. The van der Waals surface area contributed by atoms with E-state index in [0.29, 0.717) is 6.54 Å². The average Bonchev–Trinajstić information content (AvgIpc) is 2.82. The first kappa shape index (κ1) is 13.5. The molecule has 0 spiro atoms. The van der Waals surface area contributed by atoms with Gasteiger partial charge in [-0.25, -0.2) is 4.98 Å². The van der Waals surface area contributed by atoms with E-state index in [-0.39, 0.29) is 6.10 Å². The molecule has 1 unspecified atom stereocenters. The lowest BCUT2D eigenvalue weighted by atomic mass is 10.2. The van der Waals surface area contributed by atoms with Gasteiger partial charge in [0.15, 0.2) is 0 Å². The minimum absolute atomic E-state index is 0.240. The highest BCUT2D eigenvalue weighted by Gasteiger charge is 2.03. The lowest BCUT2D eigenvalue weighted by Gasteiger charge is -2.13. The van der Waals surface area contributed by atoms with Crippen LogP contribution in [-0.4, -0.2) is 16.1 Å². The highest BCUT2D eigenvalue weighted by Crippen LogP contribution is 2.19. The van der Waals surface area contributed by atoms with Crippen LogP contribution in [0.25, 0.3) is 0 Å². The summed E-state index contributed by atoms with van der Waals surface area (Å²) in [7, 11) is 0. The Hall–Kier alpha value is -1.97. The molecule has 1 aromatic carbocycles. The van der Waals surface area contributed by atoms with E-state index in [1.165, 1.54) is 0 Å². The van der Waals surface area contributed by atoms with Gasteiger partial charge in [0.05, 0.1) is 24.7 Å². The van der Waals surface area contributed by atoms with Gasteiger partial charge in [0.1, 0.15) is 5.75 Å². The number of nitrogens with zero attached hydrogens (tertiary/aromatic N) is 1. The Bertz CT molecular complexity index is 522. The number of H-pyrrole nitrogens is 1. The maximum absolute atomic E-state index is 5.80. The van der Waals surface area contributed by atoms with Crippen molar-refractivity contribution in [3.8, 4) is 5.75 Å². The Morgan fingerprint density at radius 1 is 1.42 bits per heavy atom. The van der Waals surface area contributed by atoms with Crippen LogP contribution in [0.5, 0.6) is 5.75 Å². The SMILES string of the molecule is CCC(C)Oc1cccc(NCc2nc[nH]c2C)c1. The number of rotatable bonds is 6. The topological polar surface area (TPSA) is 49.9 Å². The van der Waals surface area contributed by atoms with Gasteiger partial charge < -0.3 is 15.0 Å². The predicted molar refractivity (Wildman–Crippen MR) is 77.5 cm³/mol. The molecule has 4 heteroatoms. The fourth-order valence-corrected chi connectivity index (χ4v) is 1.75. The molecular formula is C15H21N3O. The van der Waals surface area contributed by atoms with Gasteiger partial charge in [0.2, 0.25) is 0 Å². The molecular weight excluding hydrogens is 238 g/mol. The summed E-state index contributed by atoms with van der Waals surface area (Å²) in [5, 5.41) is 3.36. The van der Waals surface area contributed by atoms with Crippen LogP contribution >= 0.6 is 0 Å². The van der Waals surface area contributed by atoms with E-state index < -0.39 is 0 Å². The first-order valence-corrected chi connectivity index (χ1v) is 6.68. The molecule has 19 heavy (non-hydrogen) atoms. The van der Waals surface area contributed by atoms with E-state index in [1.54, 1.807) is 6.33 Å². The second kappa shape index (κ2) is 6.27. The van der Waals surface area contributed by atoms with Gasteiger partial charge in [0.25, 0.3) is 0 Å². The van der Waals surface area contributed by atoms with Gasteiger partial charge in [-0.05, 0) is 32.4 Å². The molecule has 1 atom stereocenters. The zero-order chi connectivity index (χ0) is 13.7. The monoisotopic (exact) mass is 259 g/mol. The first-order chi connectivity index (χ1) is 9.19. The molecule has 0 aliphatic carbocycles. The predicted octanol–water partition coefficient (Wildman–Crippen LogP) is 3.51. The van der Waals surface area contributed by atoms with Crippen molar-refractivity contribution in [1.82, 2.24) is 9.97 Å². The van der Waals surface area contributed by atoms with Crippen molar-refractivity contribution in [1.29, 1.82) is 0 Å². The smallest absolute Gasteiger partial charge is 0.121 e. The van der Waals surface area contributed by atoms with E-state index in [9.17, 15) is 0 Å². The fourth-order valence-electron chi connectivity index (χ4n) is 1.75. The van der Waals surface area contributed by atoms with Crippen molar-refractivity contribution in [2.24, 2.45) is 0 Å². The van der Waals surface area contributed by atoms with Crippen LogP contribution in [0.1, 0.15) is 31.7 Å². The molecule has 2 N–H and O–H groups in total. The van der Waals surface area contributed by atoms with Gasteiger partial charge in [-0.2, -0.15) is 0 Å². The summed E-state index contributed by atoms with van der Waals surface area (Å²) < 4.78 is 5.80. The van der Waals surface area contributed by atoms with Crippen LogP contribution in [-0.2, 0) is 6.54 Å². The third kappa shape index (κ3) is 3.74. The molecule has 0 saturated carbocycles. The number of aromatic nitrogens is 2. The van der Waals surface area contributed by atoms with Crippen molar-refractivity contribution in [3.63, 3.8) is 0 Å². The van der Waals surface area contributed by atoms with Crippen LogP contribution in [0, 0.1) is 6.92 Å². The summed E-state index contributed by atoms with van der Waals surface area (Å²) in [4.78, 5) is 7.34. The van der Waals surface area contributed by atoms with Gasteiger partial charge >= 0.3 is 0 Å². The summed E-state index contributed by atoms with van der Waals surface area (Å²) >= 11 is 0. The Labute approximate surface area is 114 Å². The minimum atomic E-state index is 0.240. The highest BCUT2D eigenvalue weighted by molar-refractivity contribution is 5.48. The van der Waals surface area contributed by atoms with Crippen molar-refractivity contribution in [3.05, 3.63) is 42.0 Å². The normalized spacial score (nSPS) is 12.2. The molecule has 0 amide bonds. The molecule has 0 aliphatic rings. The van der Waals surface area contributed by atoms with Crippen LogP contribution < -0.4 is 10.1 Å². The maximum atomic E-state index is 5.80. The summed E-state index contributed by atoms with van der Waals surface area (Å²) in [6, 6.07) is 8.04. The number of hydrogen-bond acceptors (Lipinski definition) is 3. The standard InChI is InChI=1S/C15H21N3O/c1-4-11(2)19-14-7-5-6-13(8-14)16-9-15-12(3)17-10-18-15/h5-8,10-11,16H,4,9H2,1-3H3,(H,17,18). The Kier molecular flexibility index (Phi) is 4.44. The largest absolute Gasteiger partial charge is 0.491 e. The second-order valence-electron chi connectivity index (χ2n) is 4.69. The number of aromatic amines is 1. The molecule has 4 nitrogen and oxygen atoms in total. The zero-order valence-corrected chi connectivity index (χ0v) is 11.7. The fraction of sp³-hybridized carbons (Fsp3) is 0.400. The summed E-state index contributed by atoms with van der Waals surface area (Å²) in [6.45, 7) is 6.93. The summed E-state index contributed by atoms with van der Waals surface area (Å²) in [6.07, 6.45) is 2.96. The quantitative estimate of drug-likeness (QED) is 0.834. The van der Waals surface area contributed by atoms with Crippen molar-refractivity contribution in [2.45, 2.75) is 39.8 Å². The van der Waals surface area contributed by atoms with Crippen LogP contribution in [0.2, 0.25) is 0 Å². The minimum Gasteiger partial charge on any atom is -0.491 e. The number of anilines is 1. The molecule has 2 rings (SSSR count). The molecule has 1 aromatic heterocycles. The molecule has 2 aromatic rings. The lowest BCUT2D eigenvalue weighted by molar-refractivity contribution is 0.217. The third-order valence-corrected chi connectivity index (χ3v) is 3.14. The van der Waals surface area contributed by atoms with E-state index in [2.05, 4.69) is 29.1 Å². The molecule has 0 saturated heterocycles. The average molecular weight is 259 g/mol. The van der Waals surface area contributed by atoms with E-state index >= 15 is 0 Å². The van der Waals surface area contributed by atoms with Gasteiger partial charge in [-0.3, -0.25) is 0 Å². The molecule has 0 aliphatic heterocycles. The van der Waals surface area contributed by atoms with Crippen molar-refractivity contribution >= 4 is 5.69 Å². The Morgan fingerprint density at radius 2 is 2.26 bits per heavy atom. The number of imidazole rings is 1. The van der Waals surface area contributed by atoms with Crippen LogP contribution in [0.15, 0.2) is 30.6 Å². The van der Waals surface area contributed by atoms with Gasteiger partial charge in [0, 0.05) is 17.4 Å². The molecule has 0 bridgehead atoms. The van der Waals surface area contributed by atoms with Gasteiger partial charge in [-0.1, -0.05) is 13.0 Å². The number of aryl methyl sites for hydroxylation is 1. The maximum Gasteiger partial charge on any atom is 0.121 e. The first-order valence-electron chi connectivity index (χ1n) is 6.68. The molecule has 0 fully saturated rings. The van der Waals surface area contributed by atoms with Crippen molar-refractivity contribution in [2.75, 3.05) is 5.32 Å². The summed E-state index contributed by atoms with van der Waals surface area (Å²) in [5.41, 5.74) is 3.18.